The Balaban J connectivity index is 2.26. The Morgan fingerprint density at radius 2 is 2.19 bits per heavy atom. The molecule has 26 heavy (non-hydrogen) atoms. The molecule has 11 heteroatoms. The van der Waals surface area contributed by atoms with E-state index in [2.05, 4.69) is 20.2 Å². The Bertz CT molecular complexity index is 836. The number of aryl methyl sites for hydroxylation is 1. The Morgan fingerprint density at radius 1 is 1.42 bits per heavy atom. The van der Waals surface area contributed by atoms with E-state index in [-0.39, 0.29) is 22.7 Å². The topological polar surface area (TPSA) is 125 Å². The Kier molecular flexibility index (Phi) is 6.44. The summed E-state index contributed by atoms with van der Waals surface area (Å²) in [7, 11) is 2.59. The van der Waals surface area contributed by atoms with Crippen LogP contribution in [0.2, 0.25) is 0 Å². The molecule has 0 spiro atoms. The van der Waals surface area contributed by atoms with Gasteiger partial charge in [-0.15, -0.1) is 11.3 Å². The number of benzene rings is 1. The summed E-state index contributed by atoms with van der Waals surface area (Å²) in [4.78, 5) is 26.1. The van der Waals surface area contributed by atoms with Gasteiger partial charge in [0.15, 0.2) is 18.1 Å². The van der Waals surface area contributed by atoms with Crippen LogP contribution < -0.4 is 14.9 Å². The lowest BCUT2D eigenvalue weighted by Crippen LogP contribution is -2.13. The van der Waals surface area contributed by atoms with Crippen LogP contribution in [0.15, 0.2) is 22.6 Å². The van der Waals surface area contributed by atoms with E-state index in [4.69, 9.17) is 9.47 Å². The van der Waals surface area contributed by atoms with Crippen LogP contribution in [-0.4, -0.2) is 42.9 Å². The third kappa shape index (κ3) is 4.89. The number of nitrogens with zero attached hydrogens (tertiary/aromatic N) is 3. The van der Waals surface area contributed by atoms with Gasteiger partial charge in [0, 0.05) is 5.38 Å². The van der Waals surface area contributed by atoms with E-state index >= 15 is 0 Å². The standard InChI is InChI=1S/C15H16N4O6S/c1-9-8-26-15(17-9)18-16-6-10-4-12(23-2)13(5-11(10)19(21)22)25-7-14(20)24-3/h4-6,8H,7H2,1-3H3,(H,17,18). The molecule has 0 saturated carbocycles. The molecule has 0 atom stereocenters. The highest BCUT2D eigenvalue weighted by atomic mass is 32.1. The Labute approximate surface area is 152 Å². The van der Waals surface area contributed by atoms with Crippen molar-refractivity contribution in [1.82, 2.24) is 4.98 Å². The number of nitrogens with one attached hydrogen (secondary N) is 1. The SMILES string of the molecule is COC(=O)COc1cc([N+](=O)[O-])c(C=NNc2nc(C)cs2)cc1OC. The summed E-state index contributed by atoms with van der Waals surface area (Å²) < 4.78 is 14.9. The number of aromatic nitrogens is 1. The second-order valence-electron chi connectivity index (χ2n) is 4.85. The predicted molar refractivity (Wildman–Crippen MR) is 95.2 cm³/mol. The van der Waals surface area contributed by atoms with E-state index in [0.717, 1.165) is 11.8 Å². The molecule has 0 amide bonds. The third-order valence-corrected chi connectivity index (χ3v) is 3.93. The average molecular weight is 380 g/mol. The number of esters is 1. The fraction of sp³-hybridized carbons (Fsp3) is 0.267. The van der Waals surface area contributed by atoms with Crippen molar-refractivity contribution in [2.45, 2.75) is 6.92 Å². The van der Waals surface area contributed by atoms with Crippen LogP contribution in [0.5, 0.6) is 11.5 Å². The van der Waals surface area contributed by atoms with Crippen LogP contribution in [-0.2, 0) is 9.53 Å². The van der Waals surface area contributed by atoms with Crippen LogP contribution in [0.3, 0.4) is 0 Å². The average Bonchev–Trinajstić information content (AvgIpc) is 3.04. The fourth-order valence-corrected chi connectivity index (χ4v) is 2.49. The Hall–Kier alpha value is -3.21. The summed E-state index contributed by atoms with van der Waals surface area (Å²) in [5, 5.41) is 17.7. The number of methoxy groups -OCH3 is 2. The zero-order valence-corrected chi connectivity index (χ0v) is 15.0. The van der Waals surface area contributed by atoms with Crippen LogP contribution >= 0.6 is 11.3 Å². The molecular formula is C15H16N4O6S. The summed E-state index contributed by atoms with van der Waals surface area (Å²) in [6.45, 7) is 1.44. The molecule has 1 aromatic carbocycles. The molecule has 0 saturated heterocycles. The smallest absolute Gasteiger partial charge is 0.343 e. The minimum absolute atomic E-state index is 0.0465. The number of hydrogen-bond donors (Lipinski definition) is 1. The first-order valence-corrected chi connectivity index (χ1v) is 8.09. The quantitative estimate of drug-likeness (QED) is 0.320. The Morgan fingerprint density at radius 3 is 2.77 bits per heavy atom. The number of nitro benzene ring substituents is 1. The minimum Gasteiger partial charge on any atom is -0.493 e. The first-order valence-electron chi connectivity index (χ1n) is 7.21. The van der Waals surface area contributed by atoms with Crippen LogP contribution in [0.4, 0.5) is 10.8 Å². The monoisotopic (exact) mass is 380 g/mol. The maximum Gasteiger partial charge on any atom is 0.343 e. The van der Waals surface area contributed by atoms with Gasteiger partial charge in [-0.2, -0.15) is 5.10 Å². The molecule has 1 N–H and O–H groups in total. The molecule has 0 aliphatic rings. The van der Waals surface area contributed by atoms with Crippen LogP contribution in [0, 0.1) is 17.0 Å². The predicted octanol–water partition coefficient (Wildman–Crippen LogP) is 2.37. The van der Waals surface area contributed by atoms with E-state index in [1.54, 1.807) is 0 Å². The second kappa shape index (κ2) is 8.76. The van der Waals surface area contributed by atoms with Gasteiger partial charge in [-0.3, -0.25) is 15.5 Å². The number of carbonyl (C=O) groups excluding carboxylic acids is 1. The summed E-state index contributed by atoms with van der Waals surface area (Å²) in [5.41, 5.74) is 3.48. The lowest BCUT2D eigenvalue weighted by molar-refractivity contribution is -0.385. The van der Waals surface area contributed by atoms with Crippen molar-refractivity contribution in [2.75, 3.05) is 26.3 Å². The molecule has 2 rings (SSSR count). The van der Waals surface area contributed by atoms with Gasteiger partial charge in [0.2, 0.25) is 5.13 Å². The summed E-state index contributed by atoms with van der Waals surface area (Å²) in [6, 6.07) is 2.56. The highest BCUT2D eigenvalue weighted by Gasteiger charge is 2.19. The lowest BCUT2D eigenvalue weighted by atomic mass is 10.1. The van der Waals surface area contributed by atoms with Gasteiger partial charge in [-0.25, -0.2) is 9.78 Å². The van der Waals surface area contributed by atoms with Gasteiger partial charge in [0.05, 0.1) is 42.7 Å². The summed E-state index contributed by atoms with van der Waals surface area (Å²) in [5.74, 6) is -0.361. The highest BCUT2D eigenvalue weighted by molar-refractivity contribution is 7.13. The highest BCUT2D eigenvalue weighted by Crippen LogP contribution is 2.34. The number of hydrogen-bond acceptors (Lipinski definition) is 10. The van der Waals surface area contributed by atoms with E-state index in [9.17, 15) is 14.9 Å². The van der Waals surface area contributed by atoms with Gasteiger partial charge in [0.25, 0.3) is 5.69 Å². The van der Waals surface area contributed by atoms with Crippen molar-refractivity contribution in [1.29, 1.82) is 0 Å². The molecule has 138 valence electrons. The van der Waals surface area contributed by atoms with E-state index in [0.29, 0.717) is 5.13 Å². The summed E-state index contributed by atoms with van der Waals surface area (Å²) >= 11 is 1.36. The first kappa shape index (κ1) is 19.1. The third-order valence-electron chi connectivity index (χ3n) is 3.07. The number of ether oxygens (including phenoxy) is 3. The number of anilines is 1. The van der Waals surface area contributed by atoms with Crippen molar-refractivity contribution < 1.29 is 23.9 Å². The number of nitro groups is 1. The molecule has 0 radical (unpaired) electrons. The molecule has 1 aromatic heterocycles. The second-order valence-corrected chi connectivity index (χ2v) is 5.71. The molecular weight excluding hydrogens is 364 g/mol. The normalized spacial score (nSPS) is 10.6. The van der Waals surface area contributed by atoms with Crippen molar-refractivity contribution in [2.24, 2.45) is 5.10 Å². The number of rotatable bonds is 8. The number of carbonyl (C=O) groups is 1. The molecule has 0 aliphatic carbocycles. The molecule has 10 nitrogen and oxygen atoms in total. The zero-order valence-electron chi connectivity index (χ0n) is 14.2. The molecule has 0 bridgehead atoms. The van der Waals surface area contributed by atoms with E-state index < -0.39 is 17.5 Å². The molecule has 0 aliphatic heterocycles. The van der Waals surface area contributed by atoms with Crippen LogP contribution in [0.1, 0.15) is 11.3 Å². The van der Waals surface area contributed by atoms with E-state index in [1.165, 1.54) is 37.8 Å². The fourth-order valence-electron chi connectivity index (χ4n) is 1.86. The molecule has 2 aromatic rings. The lowest BCUT2D eigenvalue weighted by Gasteiger charge is -2.10. The minimum atomic E-state index is -0.622. The molecule has 0 fully saturated rings. The maximum atomic E-state index is 11.3. The van der Waals surface area contributed by atoms with Crippen molar-refractivity contribution in [3.8, 4) is 11.5 Å². The number of hydrazone groups is 1. The first-order chi connectivity index (χ1) is 12.4. The summed E-state index contributed by atoms with van der Waals surface area (Å²) in [6.07, 6.45) is 1.28. The maximum absolute atomic E-state index is 11.3. The van der Waals surface area contributed by atoms with Crippen LogP contribution in [0.25, 0.3) is 0 Å². The molecule has 0 unspecified atom stereocenters. The molecule has 1 heterocycles. The van der Waals surface area contributed by atoms with E-state index in [1.807, 2.05) is 12.3 Å². The van der Waals surface area contributed by atoms with Gasteiger partial charge >= 0.3 is 5.97 Å². The number of thiazole rings is 1. The van der Waals surface area contributed by atoms with Gasteiger partial charge < -0.3 is 14.2 Å². The van der Waals surface area contributed by atoms with Gasteiger partial charge in [-0.05, 0) is 13.0 Å². The zero-order chi connectivity index (χ0) is 19.1. The van der Waals surface area contributed by atoms with Crippen molar-refractivity contribution in [3.05, 3.63) is 38.9 Å². The van der Waals surface area contributed by atoms with Crippen molar-refractivity contribution in [3.63, 3.8) is 0 Å². The largest absolute Gasteiger partial charge is 0.493 e. The van der Waals surface area contributed by atoms with Gasteiger partial charge in [0.1, 0.15) is 0 Å². The van der Waals surface area contributed by atoms with Gasteiger partial charge in [-0.1, -0.05) is 0 Å². The van der Waals surface area contributed by atoms with Crippen molar-refractivity contribution >= 4 is 34.3 Å².